The number of carbonyl (C=O) groups is 1. The summed E-state index contributed by atoms with van der Waals surface area (Å²) < 4.78 is 29.9. The van der Waals surface area contributed by atoms with Crippen LogP contribution in [-0.4, -0.2) is 17.6 Å². The zero-order valence-corrected chi connectivity index (χ0v) is 9.46. The number of nitriles is 1. The number of esters is 1. The Hall–Kier alpha value is -1.74. The van der Waals surface area contributed by atoms with Crippen LogP contribution in [0, 0.1) is 11.3 Å². The molecule has 0 unspecified atom stereocenters. The van der Waals surface area contributed by atoms with Gasteiger partial charge in [-0.3, -0.25) is 4.98 Å². The van der Waals surface area contributed by atoms with Crippen LogP contribution in [0.2, 0.25) is 5.02 Å². The minimum Gasteiger partial charge on any atom is -0.462 e. The predicted molar refractivity (Wildman–Crippen MR) is 54.9 cm³/mol. The van der Waals surface area contributed by atoms with Gasteiger partial charge in [0.05, 0.1) is 17.2 Å². The normalized spacial score (nSPS) is 10.1. The van der Waals surface area contributed by atoms with E-state index in [1.165, 1.54) is 6.92 Å². The maximum Gasteiger partial charge on any atom is 0.341 e. The Morgan fingerprint density at radius 3 is 2.82 bits per heavy atom. The molecule has 1 aromatic rings. The van der Waals surface area contributed by atoms with E-state index in [1.54, 1.807) is 6.07 Å². The van der Waals surface area contributed by atoms with Gasteiger partial charge in [-0.2, -0.15) is 5.26 Å². The highest BCUT2D eigenvalue weighted by Crippen LogP contribution is 2.29. The summed E-state index contributed by atoms with van der Waals surface area (Å²) in [4.78, 5) is 14.8. The summed E-state index contributed by atoms with van der Waals surface area (Å²) in [5, 5.41) is 8.31. The number of aromatic nitrogens is 1. The molecule has 0 amide bonds. The van der Waals surface area contributed by atoms with Gasteiger partial charge in [-0.05, 0) is 6.92 Å². The molecule has 0 aromatic carbocycles. The maximum absolute atomic E-state index is 12.6. The number of nitrogens with zero attached hydrogens (tertiary/aromatic N) is 2. The molecule has 1 heterocycles. The van der Waals surface area contributed by atoms with Gasteiger partial charge in [0.25, 0.3) is 6.43 Å². The molecular formula is C10H7ClF2N2O2. The van der Waals surface area contributed by atoms with E-state index >= 15 is 0 Å². The molecule has 0 radical (unpaired) electrons. The number of rotatable bonds is 3. The Morgan fingerprint density at radius 2 is 2.35 bits per heavy atom. The molecule has 0 aliphatic rings. The van der Waals surface area contributed by atoms with Crippen molar-refractivity contribution < 1.29 is 18.3 Å². The third kappa shape index (κ3) is 2.68. The van der Waals surface area contributed by atoms with E-state index in [1.807, 2.05) is 0 Å². The van der Waals surface area contributed by atoms with Crippen molar-refractivity contribution in [2.45, 2.75) is 13.3 Å². The topological polar surface area (TPSA) is 63.0 Å². The van der Waals surface area contributed by atoms with Crippen molar-refractivity contribution in [2.75, 3.05) is 6.61 Å². The van der Waals surface area contributed by atoms with Gasteiger partial charge in [-0.1, -0.05) is 11.6 Å². The van der Waals surface area contributed by atoms with E-state index in [-0.39, 0.29) is 17.2 Å². The first kappa shape index (κ1) is 13.3. The van der Waals surface area contributed by atoms with Crippen LogP contribution in [0.5, 0.6) is 0 Å². The largest absolute Gasteiger partial charge is 0.462 e. The molecule has 0 aliphatic carbocycles. The third-order valence-electron chi connectivity index (χ3n) is 1.85. The third-order valence-corrected chi connectivity index (χ3v) is 2.24. The molecule has 1 rings (SSSR count). The summed E-state index contributed by atoms with van der Waals surface area (Å²) in [6, 6.07) is 1.65. The summed E-state index contributed by atoms with van der Waals surface area (Å²) in [7, 11) is 0. The molecule has 90 valence electrons. The minimum atomic E-state index is -2.97. The second-order valence-electron chi connectivity index (χ2n) is 2.88. The van der Waals surface area contributed by atoms with Gasteiger partial charge in [0.15, 0.2) is 0 Å². The van der Waals surface area contributed by atoms with Gasteiger partial charge in [0.2, 0.25) is 0 Å². The molecule has 0 saturated carbocycles. The summed E-state index contributed by atoms with van der Waals surface area (Å²) in [6.07, 6.45) is -2.08. The molecule has 0 bridgehead atoms. The van der Waals surface area contributed by atoms with Crippen molar-refractivity contribution in [1.29, 1.82) is 5.26 Å². The molecule has 0 spiro atoms. The zero-order chi connectivity index (χ0) is 13.0. The number of pyridine rings is 1. The molecule has 0 atom stereocenters. The molecule has 0 aliphatic heterocycles. The number of hydrogen-bond donors (Lipinski definition) is 0. The molecule has 7 heteroatoms. The van der Waals surface area contributed by atoms with E-state index in [0.29, 0.717) is 0 Å². The van der Waals surface area contributed by atoms with Gasteiger partial charge in [-0.15, -0.1) is 0 Å². The Labute approximate surface area is 101 Å². The van der Waals surface area contributed by atoms with Gasteiger partial charge in [0.1, 0.15) is 17.3 Å². The Balaban J connectivity index is 3.41. The molecule has 17 heavy (non-hydrogen) atoms. The fourth-order valence-corrected chi connectivity index (χ4v) is 1.41. The number of carbonyl (C=O) groups excluding carboxylic acids is 1. The van der Waals surface area contributed by atoms with Crippen molar-refractivity contribution in [3.63, 3.8) is 0 Å². The zero-order valence-electron chi connectivity index (χ0n) is 8.71. The smallest absolute Gasteiger partial charge is 0.341 e. The van der Waals surface area contributed by atoms with E-state index in [0.717, 1.165) is 6.20 Å². The van der Waals surface area contributed by atoms with Crippen molar-refractivity contribution >= 4 is 17.6 Å². The quantitative estimate of drug-likeness (QED) is 0.784. The fourth-order valence-electron chi connectivity index (χ4n) is 1.14. The summed E-state index contributed by atoms with van der Waals surface area (Å²) >= 11 is 5.69. The van der Waals surface area contributed by atoms with Crippen LogP contribution in [0.25, 0.3) is 0 Å². The van der Waals surface area contributed by atoms with E-state index in [9.17, 15) is 13.6 Å². The van der Waals surface area contributed by atoms with Crippen molar-refractivity contribution in [3.05, 3.63) is 28.0 Å². The van der Waals surface area contributed by atoms with Crippen LogP contribution >= 0.6 is 11.6 Å². The van der Waals surface area contributed by atoms with Crippen molar-refractivity contribution in [3.8, 4) is 6.07 Å². The lowest BCUT2D eigenvalue weighted by molar-refractivity contribution is 0.0513. The van der Waals surface area contributed by atoms with Crippen LogP contribution in [0.1, 0.15) is 35.0 Å². The van der Waals surface area contributed by atoms with Crippen LogP contribution < -0.4 is 0 Å². The lowest BCUT2D eigenvalue weighted by Crippen LogP contribution is -2.12. The molecule has 0 fully saturated rings. The lowest BCUT2D eigenvalue weighted by atomic mass is 10.1. The second kappa shape index (κ2) is 5.55. The highest BCUT2D eigenvalue weighted by atomic mass is 35.5. The molecule has 0 N–H and O–H groups in total. The van der Waals surface area contributed by atoms with Gasteiger partial charge in [-0.25, -0.2) is 13.6 Å². The van der Waals surface area contributed by atoms with E-state index in [4.69, 9.17) is 16.9 Å². The van der Waals surface area contributed by atoms with E-state index in [2.05, 4.69) is 9.72 Å². The predicted octanol–water partition coefficient (Wildman–Crippen LogP) is 2.72. The number of alkyl halides is 2. The Kier molecular flexibility index (Phi) is 4.35. The SMILES string of the molecule is CCOC(=O)c1c(C(F)F)ncc(C#N)c1Cl. The monoisotopic (exact) mass is 260 g/mol. The number of halogens is 3. The number of ether oxygens (including phenoxy) is 1. The average Bonchev–Trinajstić information content (AvgIpc) is 2.28. The Bertz CT molecular complexity index is 486. The second-order valence-corrected chi connectivity index (χ2v) is 3.26. The van der Waals surface area contributed by atoms with Crippen LogP contribution in [0.3, 0.4) is 0 Å². The molecule has 4 nitrogen and oxygen atoms in total. The lowest BCUT2D eigenvalue weighted by Gasteiger charge is -2.09. The average molecular weight is 261 g/mol. The standard InChI is InChI=1S/C10H7ClF2N2O2/c1-2-17-10(16)6-7(11)5(3-14)4-15-8(6)9(12)13/h4,9H,2H2,1H3. The molecule has 0 saturated heterocycles. The fraction of sp³-hybridized carbons (Fsp3) is 0.300. The first-order chi connectivity index (χ1) is 8.02. The summed E-state index contributed by atoms with van der Waals surface area (Å²) in [6.45, 7) is 1.53. The molecular weight excluding hydrogens is 254 g/mol. The van der Waals surface area contributed by atoms with Gasteiger partial charge < -0.3 is 4.74 Å². The highest BCUT2D eigenvalue weighted by molar-refractivity contribution is 6.34. The van der Waals surface area contributed by atoms with E-state index < -0.39 is 23.7 Å². The van der Waals surface area contributed by atoms with Crippen LogP contribution in [0.15, 0.2) is 6.20 Å². The van der Waals surface area contributed by atoms with Crippen molar-refractivity contribution in [1.82, 2.24) is 4.98 Å². The van der Waals surface area contributed by atoms with Crippen molar-refractivity contribution in [2.24, 2.45) is 0 Å². The van der Waals surface area contributed by atoms with Gasteiger partial charge in [0, 0.05) is 6.20 Å². The van der Waals surface area contributed by atoms with Crippen LogP contribution in [-0.2, 0) is 4.74 Å². The molecule has 1 aromatic heterocycles. The minimum absolute atomic E-state index is 0.00855. The van der Waals surface area contributed by atoms with Gasteiger partial charge >= 0.3 is 5.97 Å². The summed E-state index contributed by atoms with van der Waals surface area (Å²) in [5.74, 6) is -1.02. The maximum atomic E-state index is 12.6. The first-order valence-electron chi connectivity index (χ1n) is 4.56. The van der Waals surface area contributed by atoms with Crippen LogP contribution in [0.4, 0.5) is 8.78 Å². The highest BCUT2D eigenvalue weighted by Gasteiger charge is 2.26. The Morgan fingerprint density at radius 1 is 1.71 bits per heavy atom. The summed E-state index contributed by atoms with van der Waals surface area (Å²) in [5.41, 5.74) is -1.49. The first-order valence-corrected chi connectivity index (χ1v) is 4.94. The number of hydrogen-bond acceptors (Lipinski definition) is 4.